The van der Waals surface area contributed by atoms with Gasteiger partial charge in [0, 0.05) is 82.9 Å². The molecule has 0 aliphatic carbocycles. The minimum Gasteiger partial charge on any atom is -0.106 e. The first-order chi connectivity index (χ1) is 16.4. The fraction of sp³-hybridized carbons (Fsp3) is 0. The highest BCUT2D eigenvalue weighted by molar-refractivity contribution is 5.48. The van der Waals surface area contributed by atoms with Crippen molar-refractivity contribution in [2.45, 2.75) is 0 Å². The lowest BCUT2D eigenvalue weighted by atomic mass is 10.4. The quantitative estimate of drug-likeness (QED) is 0.524. The first-order valence-electron chi connectivity index (χ1n) is 8.29. The van der Waals surface area contributed by atoms with Crippen LogP contribution in [0.5, 0.6) is 0 Å². The van der Waals surface area contributed by atoms with Crippen LogP contribution in [0.25, 0.3) is 0 Å². The second-order valence-corrected chi connectivity index (χ2v) is 3.77. The summed E-state index contributed by atoms with van der Waals surface area (Å²) in [6.45, 7) is 0. The van der Waals surface area contributed by atoms with Gasteiger partial charge >= 0.3 is 0 Å². The van der Waals surface area contributed by atoms with Crippen LogP contribution in [0, 0.1) is 190 Å². The molecule has 0 aliphatic heterocycles. The lowest BCUT2D eigenvalue weighted by Crippen LogP contribution is -1.57. The number of hydrogen-bond acceptors (Lipinski definition) is 0. The van der Waals surface area contributed by atoms with Crippen LogP contribution in [0.4, 0.5) is 0 Å². The third kappa shape index (κ3) is 23.0. The zero-order valence-electron chi connectivity index (χ0n) is 17.1. The Bertz CT molecular complexity index is 1800. The van der Waals surface area contributed by atoms with Crippen molar-refractivity contribution < 1.29 is 1.37 Å². The molecule has 0 saturated heterocycles. The van der Waals surface area contributed by atoms with E-state index in [1.807, 2.05) is 6.40 Å². The minimum absolute atomic E-state index is 1.87. The first-order valence-corrected chi connectivity index (χ1v) is 7.79. The van der Waals surface area contributed by atoms with Gasteiger partial charge in [0.1, 0.15) is 1.37 Å². The topological polar surface area (TPSA) is 0 Å². The molecule has 0 amide bonds. The molecule has 0 aromatic heterocycles. The van der Waals surface area contributed by atoms with E-state index in [9.17, 15) is 0 Å². The summed E-state index contributed by atoms with van der Waals surface area (Å²) >= 11 is 0. The summed E-state index contributed by atoms with van der Waals surface area (Å²) in [6.07, 6.45) is 6.79. The predicted molar refractivity (Wildman–Crippen MR) is 127 cm³/mol. The highest BCUT2D eigenvalue weighted by Gasteiger charge is 1.59. The largest absolute Gasteiger partial charge is 0.125 e. The Morgan fingerprint density at radius 2 is 0.406 bits per heavy atom. The van der Waals surface area contributed by atoms with Crippen LogP contribution in [0.3, 0.4) is 0 Å². The van der Waals surface area contributed by atoms with E-state index in [2.05, 4.69) is 178 Å². The van der Waals surface area contributed by atoms with Crippen LogP contribution < -0.4 is 0 Å². The molecular formula is C32H2. The van der Waals surface area contributed by atoms with Gasteiger partial charge in [0.05, 0.1) is 0 Å². The SMILES string of the molecule is [3H]C#CC#CC#CC#CC#CC#CC#CC#CC#CC#CC#CC#CC#CC#CC#CC#C. The Morgan fingerprint density at radius 3 is 0.562 bits per heavy atom. The molecule has 32 heavy (non-hydrogen) atoms. The third-order valence-electron chi connectivity index (χ3n) is 1.82. The fourth-order valence-corrected chi connectivity index (χ4v) is 0.880. The summed E-state index contributed by atoms with van der Waals surface area (Å²) in [5, 5.41) is 0. The van der Waals surface area contributed by atoms with Gasteiger partial charge in [-0.3, -0.25) is 0 Å². The van der Waals surface area contributed by atoms with Gasteiger partial charge in [-0.05, 0) is 94.7 Å². The summed E-state index contributed by atoms with van der Waals surface area (Å²) in [5.74, 6) is 73.2. The van der Waals surface area contributed by atoms with Crippen molar-refractivity contribution in [1.82, 2.24) is 0 Å². The lowest BCUT2D eigenvalue weighted by molar-refractivity contribution is 2.32. The minimum atomic E-state index is 1.87. The second-order valence-electron chi connectivity index (χ2n) is 3.77. The summed E-state index contributed by atoms with van der Waals surface area (Å²) in [5.41, 5.74) is 0. The molecule has 0 heteroatoms. The van der Waals surface area contributed by atoms with Crippen molar-refractivity contribution in [1.29, 1.82) is 0 Å². The summed E-state index contributed by atoms with van der Waals surface area (Å²) in [6, 6.07) is 0. The average molecular weight is 388 g/mol. The maximum absolute atomic E-state index is 6.54. The molecular weight excluding hydrogens is 384 g/mol. The average Bonchev–Trinajstić information content (AvgIpc) is 2.83. The predicted octanol–water partition coefficient (Wildman–Crippen LogP) is 0.300. The smallest absolute Gasteiger partial charge is 0.106 e. The van der Waals surface area contributed by atoms with Crippen LogP contribution in [0.15, 0.2) is 0 Å². The van der Waals surface area contributed by atoms with E-state index in [0.29, 0.717) is 0 Å². The molecule has 0 N–H and O–H groups in total. The number of rotatable bonds is 0. The number of terminal acetylenes is 2. The van der Waals surface area contributed by atoms with E-state index in [1.54, 1.807) is 0 Å². The van der Waals surface area contributed by atoms with Crippen molar-refractivity contribution in [2.24, 2.45) is 0 Å². The molecule has 0 aliphatic rings. The van der Waals surface area contributed by atoms with E-state index in [1.165, 1.54) is 0 Å². The molecule has 0 rings (SSSR count). The lowest BCUT2D eigenvalue weighted by Gasteiger charge is -1.57. The molecule has 0 unspecified atom stereocenters. The van der Waals surface area contributed by atoms with Gasteiger partial charge in [0.15, 0.2) is 0 Å². The van der Waals surface area contributed by atoms with Crippen molar-refractivity contribution in [2.75, 3.05) is 0 Å². The Hall–Kier alpha value is -7.04. The molecule has 0 fully saturated rings. The summed E-state index contributed by atoms with van der Waals surface area (Å²) < 4.78 is 6.54. The highest BCUT2D eigenvalue weighted by Crippen LogP contribution is 1.60. The maximum atomic E-state index is 6.54. The fourth-order valence-electron chi connectivity index (χ4n) is 0.880. The highest BCUT2D eigenvalue weighted by atomic mass is 13.6. The molecule has 0 radical (unpaired) electrons. The number of hydrogen-bond donors (Lipinski definition) is 0. The Kier molecular flexibility index (Phi) is 17.2. The van der Waals surface area contributed by atoms with Crippen LogP contribution in [0.1, 0.15) is 1.37 Å². The Morgan fingerprint density at radius 1 is 0.250 bits per heavy atom. The van der Waals surface area contributed by atoms with Gasteiger partial charge in [0.2, 0.25) is 0 Å². The zero-order valence-corrected chi connectivity index (χ0v) is 16.1. The molecule has 0 nitrogen and oxygen atoms in total. The van der Waals surface area contributed by atoms with Gasteiger partial charge in [-0.1, -0.05) is 0 Å². The summed E-state index contributed by atoms with van der Waals surface area (Å²) in [4.78, 5) is 0. The van der Waals surface area contributed by atoms with Crippen molar-refractivity contribution in [3.8, 4) is 190 Å². The normalized spacial score (nSPS) is 4.03. The van der Waals surface area contributed by atoms with E-state index in [4.69, 9.17) is 7.79 Å². The van der Waals surface area contributed by atoms with Crippen LogP contribution in [-0.2, 0) is 0 Å². The Balaban J connectivity index is 4.48. The zero-order chi connectivity index (χ0) is 23.9. The molecule has 0 aromatic rings. The molecule has 0 spiro atoms. The van der Waals surface area contributed by atoms with Crippen molar-refractivity contribution in [3.63, 3.8) is 0 Å². The van der Waals surface area contributed by atoms with E-state index < -0.39 is 0 Å². The summed E-state index contributed by atoms with van der Waals surface area (Å²) in [7, 11) is 0. The van der Waals surface area contributed by atoms with Gasteiger partial charge in [-0.25, -0.2) is 0 Å². The van der Waals surface area contributed by atoms with E-state index in [0.717, 1.165) is 0 Å². The van der Waals surface area contributed by atoms with Gasteiger partial charge in [-0.2, -0.15) is 0 Å². The third-order valence-corrected chi connectivity index (χ3v) is 1.82. The molecule has 0 aromatic carbocycles. The van der Waals surface area contributed by atoms with Gasteiger partial charge in [-0.15, -0.1) is 12.8 Å². The van der Waals surface area contributed by atoms with Crippen LogP contribution >= 0.6 is 0 Å². The molecule has 130 valence electrons. The van der Waals surface area contributed by atoms with Crippen LogP contribution in [-0.4, -0.2) is 0 Å². The van der Waals surface area contributed by atoms with Gasteiger partial charge < -0.3 is 0 Å². The molecule has 0 heterocycles. The van der Waals surface area contributed by atoms with E-state index >= 15 is 0 Å². The van der Waals surface area contributed by atoms with Crippen LogP contribution in [0.2, 0.25) is 0 Å². The Labute approximate surface area is 191 Å². The molecule has 0 saturated carbocycles. The van der Waals surface area contributed by atoms with Crippen molar-refractivity contribution in [3.05, 3.63) is 0 Å². The second kappa shape index (κ2) is 24.0. The van der Waals surface area contributed by atoms with E-state index in [-0.39, 0.29) is 0 Å². The maximum Gasteiger partial charge on any atom is 0.125 e. The standard InChI is InChI=1S/C32H2/c1-3-5-7-9-11-13-15-17-19-21-23-25-27-29-31-32-30-28-26-24-22-20-18-16-14-12-10-8-6-4-2/h1-2H/i1T. The van der Waals surface area contributed by atoms with Gasteiger partial charge in [0.25, 0.3) is 0 Å². The monoisotopic (exact) mass is 388 g/mol. The first kappa shape index (κ1) is 23.0. The molecule has 0 atom stereocenters. The molecule has 0 bridgehead atoms. The van der Waals surface area contributed by atoms with Crippen molar-refractivity contribution >= 4 is 0 Å².